The van der Waals surface area contributed by atoms with Crippen molar-refractivity contribution in [1.82, 2.24) is 4.98 Å². The zero-order chi connectivity index (χ0) is 9.54. The Kier molecular flexibility index (Phi) is 1.60. The van der Waals surface area contributed by atoms with E-state index >= 15 is 0 Å². The minimum atomic E-state index is 0.696. The molecule has 0 saturated carbocycles. The fourth-order valence-electron chi connectivity index (χ4n) is 2.31. The van der Waals surface area contributed by atoms with Gasteiger partial charge in [-0.15, -0.1) is 0 Å². The lowest BCUT2D eigenvalue weighted by molar-refractivity contribution is 0.746. The highest BCUT2D eigenvalue weighted by molar-refractivity contribution is 5.79. The molecular weight excluding hydrogens is 170 g/mol. The van der Waals surface area contributed by atoms with Crippen LogP contribution in [-0.2, 0) is 6.42 Å². The monoisotopic (exact) mass is 183 g/mol. The van der Waals surface area contributed by atoms with Crippen molar-refractivity contribution in [3.05, 3.63) is 41.6 Å². The molecule has 70 valence electrons. The van der Waals surface area contributed by atoms with Crippen LogP contribution in [0.4, 0.5) is 0 Å². The van der Waals surface area contributed by atoms with Crippen LogP contribution in [0.25, 0.3) is 10.9 Å². The average molecular weight is 183 g/mol. The molecule has 1 nitrogen and oxygen atoms in total. The van der Waals surface area contributed by atoms with Gasteiger partial charge < -0.3 is 0 Å². The van der Waals surface area contributed by atoms with Crippen LogP contribution in [-0.4, -0.2) is 4.98 Å². The van der Waals surface area contributed by atoms with Gasteiger partial charge in [0.2, 0.25) is 0 Å². The number of aryl methyl sites for hydroxylation is 1. The Morgan fingerprint density at radius 1 is 1.29 bits per heavy atom. The Labute approximate surface area is 83.8 Å². The van der Waals surface area contributed by atoms with Crippen molar-refractivity contribution in [2.24, 2.45) is 0 Å². The fourth-order valence-corrected chi connectivity index (χ4v) is 2.31. The maximum atomic E-state index is 4.71. The summed E-state index contributed by atoms with van der Waals surface area (Å²) in [6, 6.07) is 10.7. The summed E-state index contributed by atoms with van der Waals surface area (Å²) in [7, 11) is 0. The molecule has 3 rings (SSSR count). The molecule has 0 amide bonds. The van der Waals surface area contributed by atoms with Gasteiger partial charge in [-0.2, -0.15) is 0 Å². The lowest BCUT2D eigenvalue weighted by atomic mass is 10.0. The van der Waals surface area contributed by atoms with Crippen molar-refractivity contribution in [1.29, 1.82) is 0 Å². The van der Waals surface area contributed by atoms with Crippen molar-refractivity contribution >= 4 is 10.9 Å². The zero-order valence-electron chi connectivity index (χ0n) is 8.33. The highest BCUT2D eigenvalue weighted by atomic mass is 14.7. The van der Waals surface area contributed by atoms with Crippen molar-refractivity contribution in [2.75, 3.05) is 0 Å². The highest BCUT2D eigenvalue weighted by Gasteiger charge is 2.19. The van der Waals surface area contributed by atoms with E-state index in [0.717, 1.165) is 11.9 Å². The summed E-state index contributed by atoms with van der Waals surface area (Å²) < 4.78 is 0. The van der Waals surface area contributed by atoms with E-state index in [1.807, 2.05) is 0 Å². The first kappa shape index (κ1) is 7.98. The molecule has 1 heterocycles. The standard InChI is InChI=1S/C13H13N/c1-9-6-7-13-11(9)8-10-4-2-3-5-12(10)14-13/h2-5,8-9H,6-7H2,1H3. The van der Waals surface area contributed by atoms with Gasteiger partial charge in [-0.3, -0.25) is 4.98 Å². The van der Waals surface area contributed by atoms with E-state index in [1.165, 1.54) is 23.1 Å². The maximum Gasteiger partial charge on any atom is 0.0705 e. The van der Waals surface area contributed by atoms with Gasteiger partial charge in [-0.1, -0.05) is 25.1 Å². The van der Waals surface area contributed by atoms with Gasteiger partial charge in [-0.25, -0.2) is 0 Å². The number of fused-ring (bicyclic) bond motifs is 2. The minimum absolute atomic E-state index is 0.696. The predicted molar refractivity (Wildman–Crippen MR) is 58.5 cm³/mol. The second kappa shape index (κ2) is 2.81. The second-order valence-corrected chi connectivity index (χ2v) is 4.16. The van der Waals surface area contributed by atoms with Crippen LogP contribution in [0.3, 0.4) is 0 Å². The van der Waals surface area contributed by atoms with Crippen LogP contribution in [0.2, 0.25) is 0 Å². The van der Waals surface area contributed by atoms with Crippen LogP contribution in [0, 0.1) is 0 Å². The molecule has 1 aromatic carbocycles. The Morgan fingerprint density at radius 2 is 2.14 bits per heavy atom. The summed E-state index contributed by atoms with van der Waals surface area (Å²) in [5.74, 6) is 0.696. The predicted octanol–water partition coefficient (Wildman–Crippen LogP) is 3.28. The van der Waals surface area contributed by atoms with Crippen molar-refractivity contribution in [3.63, 3.8) is 0 Å². The lowest BCUT2D eigenvalue weighted by Crippen LogP contribution is -1.90. The molecule has 1 aliphatic rings. The third-order valence-electron chi connectivity index (χ3n) is 3.18. The number of hydrogen-bond donors (Lipinski definition) is 0. The van der Waals surface area contributed by atoms with Gasteiger partial charge in [0.15, 0.2) is 0 Å². The summed E-state index contributed by atoms with van der Waals surface area (Å²) in [4.78, 5) is 4.71. The normalized spacial score (nSPS) is 19.9. The third kappa shape index (κ3) is 1.05. The van der Waals surface area contributed by atoms with Crippen LogP contribution in [0.15, 0.2) is 30.3 Å². The van der Waals surface area contributed by atoms with E-state index in [-0.39, 0.29) is 0 Å². The van der Waals surface area contributed by atoms with Crippen LogP contribution >= 0.6 is 0 Å². The molecular formula is C13H13N. The molecule has 0 N–H and O–H groups in total. The average Bonchev–Trinajstić information content (AvgIpc) is 2.57. The molecule has 1 atom stereocenters. The molecule has 1 unspecified atom stereocenters. The first-order valence-corrected chi connectivity index (χ1v) is 5.23. The number of nitrogens with zero attached hydrogens (tertiary/aromatic N) is 1. The number of aromatic nitrogens is 1. The smallest absolute Gasteiger partial charge is 0.0705 e. The quantitative estimate of drug-likeness (QED) is 0.610. The van der Waals surface area contributed by atoms with Gasteiger partial charge in [0.25, 0.3) is 0 Å². The van der Waals surface area contributed by atoms with E-state index in [2.05, 4.69) is 37.3 Å². The lowest BCUT2D eigenvalue weighted by Gasteiger charge is -2.05. The minimum Gasteiger partial charge on any atom is -0.253 e. The van der Waals surface area contributed by atoms with Crippen LogP contribution in [0.1, 0.15) is 30.5 Å². The van der Waals surface area contributed by atoms with Gasteiger partial charge in [0, 0.05) is 11.1 Å². The molecule has 1 heteroatoms. The number of para-hydroxylation sites is 1. The van der Waals surface area contributed by atoms with Crippen LogP contribution in [0.5, 0.6) is 0 Å². The molecule has 1 aliphatic carbocycles. The molecule has 2 aromatic rings. The van der Waals surface area contributed by atoms with Crippen molar-refractivity contribution in [3.8, 4) is 0 Å². The zero-order valence-corrected chi connectivity index (χ0v) is 8.33. The largest absolute Gasteiger partial charge is 0.253 e. The van der Waals surface area contributed by atoms with Crippen molar-refractivity contribution in [2.45, 2.75) is 25.7 Å². The summed E-state index contributed by atoms with van der Waals surface area (Å²) >= 11 is 0. The summed E-state index contributed by atoms with van der Waals surface area (Å²) in [6.45, 7) is 2.29. The molecule has 0 spiro atoms. The van der Waals surface area contributed by atoms with E-state index in [9.17, 15) is 0 Å². The Hall–Kier alpha value is -1.37. The molecule has 1 aromatic heterocycles. The van der Waals surface area contributed by atoms with Crippen molar-refractivity contribution < 1.29 is 0 Å². The number of rotatable bonds is 0. The summed E-state index contributed by atoms with van der Waals surface area (Å²) in [6.07, 6.45) is 2.42. The number of benzene rings is 1. The first-order valence-electron chi connectivity index (χ1n) is 5.23. The Balaban J connectivity index is 2.33. The van der Waals surface area contributed by atoms with Gasteiger partial charge in [-0.05, 0) is 36.5 Å². The molecule has 0 saturated heterocycles. The summed E-state index contributed by atoms with van der Waals surface area (Å²) in [5, 5.41) is 1.28. The fraction of sp³-hybridized carbons (Fsp3) is 0.308. The Bertz CT molecular complexity index is 488. The Morgan fingerprint density at radius 3 is 3.07 bits per heavy atom. The summed E-state index contributed by atoms with van der Waals surface area (Å²) in [5.41, 5.74) is 3.92. The van der Waals surface area contributed by atoms with Crippen LogP contribution < -0.4 is 0 Å². The van der Waals surface area contributed by atoms with E-state index in [0.29, 0.717) is 5.92 Å². The van der Waals surface area contributed by atoms with Gasteiger partial charge >= 0.3 is 0 Å². The van der Waals surface area contributed by atoms with Gasteiger partial charge in [0.1, 0.15) is 0 Å². The third-order valence-corrected chi connectivity index (χ3v) is 3.18. The molecule has 0 radical (unpaired) electrons. The molecule has 0 bridgehead atoms. The van der Waals surface area contributed by atoms with Gasteiger partial charge in [0.05, 0.1) is 5.52 Å². The molecule has 14 heavy (non-hydrogen) atoms. The van der Waals surface area contributed by atoms with E-state index < -0.39 is 0 Å². The highest BCUT2D eigenvalue weighted by Crippen LogP contribution is 2.33. The second-order valence-electron chi connectivity index (χ2n) is 4.16. The molecule has 0 aliphatic heterocycles. The number of pyridine rings is 1. The van der Waals surface area contributed by atoms with E-state index in [1.54, 1.807) is 0 Å². The number of hydrogen-bond acceptors (Lipinski definition) is 1. The van der Waals surface area contributed by atoms with E-state index in [4.69, 9.17) is 4.98 Å². The first-order chi connectivity index (χ1) is 6.84. The topological polar surface area (TPSA) is 12.9 Å². The SMILES string of the molecule is CC1CCc2nc3ccccc3cc21. The molecule has 0 fully saturated rings. The maximum absolute atomic E-state index is 4.71.